The summed E-state index contributed by atoms with van der Waals surface area (Å²) in [6, 6.07) is 10.8. The van der Waals surface area contributed by atoms with Crippen molar-refractivity contribution in [3.05, 3.63) is 99.6 Å². The molecule has 0 bridgehead atoms. The number of halogens is 3. The van der Waals surface area contributed by atoms with Crippen LogP contribution in [0, 0.1) is 22.0 Å². The van der Waals surface area contributed by atoms with Crippen LogP contribution in [0.15, 0.2) is 72.8 Å². The molecule has 0 radical (unpaired) electrons. The normalized spacial score (nSPS) is 20.1. The lowest BCUT2D eigenvalue weighted by molar-refractivity contribution is -0.763. The van der Waals surface area contributed by atoms with E-state index >= 15 is 0 Å². The van der Waals surface area contributed by atoms with Crippen molar-refractivity contribution < 1.29 is 57.5 Å². The van der Waals surface area contributed by atoms with E-state index < -0.39 is 47.0 Å². The van der Waals surface area contributed by atoms with E-state index in [9.17, 15) is 48.2 Å². The Hall–Kier alpha value is -4.47. The molecule has 0 unspecified atom stereocenters. The fourth-order valence-electron chi connectivity index (χ4n) is 5.05. The van der Waals surface area contributed by atoms with E-state index in [1.165, 1.54) is 18.2 Å². The number of rotatable bonds is 18. The minimum atomic E-state index is -4.52. The summed E-state index contributed by atoms with van der Waals surface area (Å²) in [5, 5.41) is 43.0. The first kappa shape index (κ1) is 38.0. The van der Waals surface area contributed by atoms with Crippen LogP contribution < -0.4 is 10.1 Å². The Balaban J connectivity index is 1.32. The highest BCUT2D eigenvalue weighted by Crippen LogP contribution is 2.36. The molecule has 2 aromatic rings. The number of unbranched alkanes of at least 4 members (excludes halogenated alkanes) is 1. The highest BCUT2D eigenvalue weighted by atomic mass is 19.4. The quantitative estimate of drug-likeness (QED) is 0.0591. The fraction of sp³-hybridized carbons (Fsp3) is 0.455. The number of amides is 1. The van der Waals surface area contributed by atoms with E-state index in [-0.39, 0.29) is 56.8 Å². The van der Waals surface area contributed by atoms with Crippen LogP contribution in [-0.2, 0) is 38.6 Å². The van der Waals surface area contributed by atoms with E-state index in [0.717, 1.165) is 12.1 Å². The summed E-state index contributed by atoms with van der Waals surface area (Å²) in [6.45, 7) is -0.821. The summed E-state index contributed by atoms with van der Waals surface area (Å²) < 4.78 is 49.1. The van der Waals surface area contributed by atoms with E-state index in [1.807, 2.05) is 12.2 Å². The third kappa shape index (κ3) is 13.3. The van der Waals surface area contributed by atoms with Gasteiger partial charge in [-0.2, -0.15) is 13.2 Å². The molecule has 12 nitrogen and oxygen atoms in total. The number of hydrogen-bond donors (Lipinski definition) is 4. The van der Waals surface area contributed by atoms with Gasteiger partial charge in [-0.3, -0.25) is 9.59 Å². The second-order valence-electron chi connectivity index (χ2n) is 11.3. The number of nitrogens with zero attached hydrogens (tertiary/aromatic N) is 1. The van der Waals surface area contributed by atoms with Gasteiger partial charge in [0.05, 0.1) is 17.8 Å². The first-order valence-electron chi connectivity index (χ1n) is 15.3. The zero-order valence-electron chi connectivity index (χ0n) is 26.0. The van der Waals surface area contributed by atoms with Gasteiger partial charge in [-0.15, -0.1) is 10.1 Å². The van der Waals surface area contributed by atoms with Gasteiger partial charge in [0.25, 0.3) is 5.09 Å². The number of carbonyl (C=O) groups excluding carboxylic acids is 2. The van der Waals surface area contributed by atoms with Gasteiger partial charge in [0.1, 0.15) is 38.2 Å². The van der Waals surface area contributed by atoms with Gasteiger partial charge in [-0.1, -0.05) is 54.6 Å². The van der Waals surface area contributed by atoms with E-state index in [0.29, 0.717) is 30.4 Å². The second kappa shape index (κ2) is 18.8. The Morgan fingerprint density at radius 2 is 1.77 bits per heavy atom. The smallest absolute Gasteiger partial charge is 0.416 e. The lowest BCUT2D eigenvalue weighted by Crippen LogP contribution is -2.30. The van der Waals surface area contributed by atoms with Crippen LogP contribution in [0.25, 0.3) is 0 Å². The molecule has 15 heteroatoms. The van der Waals surface area contributed by atoms with Crippen molar-refractivity contribution in [3.63, 3.8) is 0 Å². The van der Waals surface area contributed by atoms with Gasteiger partial charge in [0.2, 0.25) is 5.91 Å². The molecule has 1 fully saturated rings. The van der Waals surface area contributed by atoms with E-state index in [2.05, 4.69) is 10.2 Å². The Kier molecular flexibility index (Phi) is 14.8. The number of carbonyl (C=O) groups is 2. The molecule has 262 valence electrons. The number of esters is 1. The minimum absolute atomic E-state index is 0.0302. The van der Waals surface area contributed by atoms with Crippen molar-refractivity contribution in [2.24, 2.45) is 11.8 Å². The molecule has 1 amide bonds. The van der Waals surface area contributed by atoms with Crippen molar-refractivity contribution >= 4 is 11.9 Å². The number of aliphatic hydroxyl groups excluding tert-OH is 3. The van der Waals surface area contributed by atoms with Crippen LogP contribution >= 0.6 is 0 Å². The molecular formula is C33H39F3N2O10. The number of benzene rings is 2. The molecule has 48 heavy (non-hydrogen) atoms. The number of allylic oxidation sites excluding steroid dienone is 2. The van der Waals surface area contributed by atoms with Crippen LogP contribution in [0.3, 0.4) is 0 Å². The number of ether oxygens (including phenoxy) is 2. The predicted octanol–water partition coefficient (Wildman–Crippen LogP) is 4.04. The molecule has 1 aliphatic rings. The first-order valence-corrected chi connectivity index (χ1v) is 15.3. The summed E-state index contributed by atoms with van der Waals surface area (Å²) in [7, 11) is 0. The predicted molar refractivity (Wildman–Crippen MR) is 164 cm³/mol. The lowest BCUT2D eigenvalue weighted by atomic mass is 9.89. The average molecular weight is 681 g/mol. The molecule has 2 aromatic carbocycles. The van der Waals surface area contributed by atoms with Gasteiger partial charge < -0.3 is 34.9 Å². The average Bonchev–Trinajstić information content (AvgIpc) is 3.32. The van der Waals surface area contributed by atoms with Crippen LogP contribution in [0.4, 0.5) is 13.2 Å². The van der Waals surface area contributed by atoms with Crippen molar-refractivity contribution in [3.8, 4) is 5.75 Å². The molecule has 1 aliphatic carbocycles. The number of aliphatic hydroxyl groups is 3. The third-order valence-corrected chi connectivity index (χ3v) is 7.59. The number of hydrogen-bond acceptors (Lipinski definition) is 10. The Morgan fingerprint density at radius 1 is 1.06 bits per heavy atom. The summed E-state index contributed by atoms with van der Waals surface area (Å²) in [5.74, 6) is -1.79. The van der Waals surface area contributed by atoms with Crippen molar-refractivity contribution in [2.45, 2.75) is 69.8 Å². The van der Waals surface area contributed by atoms with Crippen molar-refractivity contribution in [1.29, 1.82) is 0 Å². The van der Waals surface area contributed by atoms with Crippen LogP contribution in [0.5, 0.6) is 5.75 Å². The summed E-state index contributed by atoms with van der Waals surface area (Å²) in [4.78, 5) is 38.6. The monoisotopic (exact) mass is 680 g/mol. The van der Waals surface area contributed by atoms with Gasteiger partial charge in [0, 0.05) is 18.8 Å². The summed E-state index contributed by atoms with van der Waals surface area (Å²) >= 11 is 0. The molecule has 4 N–H and O–H groups in total. The topological polar surface area (TPSA) is 178 Å². The zero-order chi connectivity index (χ0) is 35.1. The fourth-order valence-corrected chi connectivity index (χ4v) is 5.05. The molecule has 0 saturated heterocycles. The highest BCUT2D eigenvalue weighted by molar-refractivity contribution is 5.81. The van der Waals surface area contributed by atoms with Gasteiger partial charge in [0.15, 0.2) is 0 Å². The maximum Gasteiger partial charge on any atom is 0.416 e. The standard InChI is InChI=1S/C33H39F3N2O10/c34-33(35,36)24-6-5-7-26(16-24)46-21-25(39)14-15-28-27(29(40)17-30(28)41)8-3-1-2-4-9-31(42)37-18-32(43)47-19-22-10-12-23(13-11-22)20-48-38(44)45/h1,3,5-7,10-16,25,27-30,39-41H,2,4,8-9,17-21H2,(H,37,42)/t25-,27-,28-,29+,30-/m1/s1. The molecule has 0 aromatic heterocycles. The van der Waals surface area contributed by atoms with E-state index in [1.54, 1.807) is 30.3 Å². The number of alkyl halides is 3. The molecule has 3 rings (SSSR count). The lowest BCUT2D eigenvalue weighted by Gasteiger charge is -2.19. The van der Waals surface area contributed by atoms with Crippen molar-refractivity contribution in [2.75, 3.05) is 13.2 Å². The summed E-state index contributed by atoms with van der Waals surface area (Å²) in [5.41, 5.74) is 0.375. The Bertz CT molecular complexity index is 1400. The minimum Gasteiger partial charge on any atom is -0.491 e. The molecule has 0 spiro atoms. The van der Waals surface area contributed by atoms with Crippen LogP contribution in [0.2, 0.25) is 0 Å². The number of nitrogens with one attached hydrogen (secondary N) is 1. The molecule has 5 atom stereocenters. The largest absolute Gasteiger partial charge is 0.491 e. The van der Waals surface area contributed by atoms with Gasteiger partial charge >= 0.3 is 12.1 Å². The Labute approximate surface area is 274 Å². The molecule has 1 saturated carbocycles. The van der Waals surface area contributed by atoms with Crippen LogP contribution in [0.1, 0.15) is 48.8 Å². The maximum absolute atomic E-state index is 12.9. The molecule has 0 heterocycles. The van der Waals surface area contributed by atoms with Gasteiger partial charge in [-0.05, 0) is 54.5 Å². The van der Waals surface area contributed by atoms with Gasteiger partial charge in [-0.25, -0.2) is 0 Å². The maximum atomic E-state index is 12.9. The van der Waals surface area contributed by atoms with E-state index in [4.69, 9.17) is 9.47 Å². The second-order valence-corrected chi connectivity index (χ2v) is 11.3. The first-order chi connectivity index (χ1) is 22.8. The third-order valence-electron chi connectivity index (χ3n) is 7.59. The molecule has 0 aliphatic heterocycles. The molecular weight excluding hydrogens is 641 g/mol. The summed E-state index contributed by atoms with van der Waals surface area (Å²) in [6.07, 6.45) is 1.18. The van der Waals surface area contributed by atoms with Crippen molar-refractivity contribution in [1.82, 2.24) is 5.32 Å². The highest BCUT2D eigenvalue weighted by Gasteiger charge is 2.39. The zero-order valence-corrected chi connectivity index (χ0v) is 26.0. The Morgan fingerprint density at radius 3 is 2.46 bits per heavy atom. The van der Waals surface area contributed by atoms with Crippen LogP contribution in [-0.4, -0.2) is 63.7 Å². The SMILES string of the molecule is O=C(CCCC=CC[C@@H]1[C@@H](C=C[C@@H](O)COc2cccc(C(F)(F)F)c2)[C@H](O)C[C@@H]1O)NCC(=O)OCc1ccc(CO[N+](=O)[O-])cc1.